The molecule has 0 saturated heterocycles. The fourth-order valence-electron chi connectivity index (χ4n) is 1.90. The molecule has 4 nitrogen and oxygen atoms in total. The van der Waals surface area contributed by atoms with E-state index in [2.05, 4.69) is 21.4 Å². The molecular weight excluding hydrogens is 256 g/mol. The molecule has 2 N–H and O–H groups in total. The lowest BCUT2D eigenvalue weighted by Crippen LogP contribution is -2.43. The Morgan fingerprint density at radius 3 is 2.79 bits per heavy atom. The van der Waals surface area contributed by atoms with Gasteiger partial charge in [0, 0.05) is 18.1 Å². The minimum atomic E-state index is -0.687. The summed E-state index contributed by atoms with van der Waals surface area (Å²) in [5.74, 6) is 0.606. The summed E-state index contributed by atoms with van der Waals surface area (Å²) in [6, 6.07) is 12.2. The van der Waals surface area contributed by atoms with Crippen LogP contribution in [0.25, 0.3) is 0 Å². The lowest BCUT2D eigenvalue weighted by Gasteiger charge is -2.27. The lowest BCUT2D eigenvalue weighted by molar-refractivity contribution is 0.490. The number of nitrogens with one attached hydrogen (secondary N) is 2. The van der Waals surface area contributed by atoms with E-state index in [0.717, 1.165) is 17.3 Å². The van der Waals surface area contributed by atoms with Crippen LogP contribution in [0.4, 0.5) is 0 Å². The maximum Gasteiger partial charge on any atom is 0.165 e. The van der Waals surface area contributed by atoms with Crippen LogP contribution in [0.2, 0.25) is 0 Å². The van der Waals surface area contributed by atoms with Gasteiger partial charge in [-0.2, -0.15) is 5.26 Å². The number of hydrogen-bond donors (Lipinski definition) is 2. The number of thioether (sulfide) groups is 1. The predicted octanol–water partition coefficient (Wildman–Crippen LogP) is 2.53. The standard InChI is InChI=1S/C14H16N4S/c1-2-18-14(10-15,12-6-4-3-5-7-12)11-19-13-16-8-9-17-13/h3-9,18H,2,11H2,1H3,(H,16,17). The Balaban J connectivity index is 2.22. The van der Waals surface area contributed by atoms with Gasteiger partial charge in [-0.3, -0.25) is 5.32 Å². The van der Waals surface area contributed by atoms with Gasteiger partial charge in [0.15, 0.2) is 5.16 Å². The summed E-state index contributed by atoms with van der Waals surface area (Å²) in [6.45, 7) is 2.74. The summed E-state index contributed by atoms with van der Waals surface area (Å²) in [4.78, 5) is 7.22. The van der Waals surface area contributed by atoms with Crippen LogP contribution in [0.15, 0.2) is 47.9 Å². The van der Waals surface area contributed by atoms with Crippen molar-refractivity contribution < 1.29 is 0 Å². The maximum absolute atomic E-state index is 9.63. The minimum absolute atomic E-state index is 0.606. The van der Waals surface area contributed by atoms with Gasteiger partial charge >= 0.3 is 0 Å². The zero-order valence-corrected chi connectivity index (χ0v) is 11.6. The highest BCUT2D eigenvalue weighted by Gasteiger charge is 2.31. The van der Waals surface area contributed by atoms with Crippen molar-refractivity contribution in [3.05, 3.63) is 48.3 Å². The van der Waals surface area contributed by atoms with Crippen LogP contribution in [0.3, 0.4) is 0 Å². The van der Waals surface area contributed by atoms with E-state index in [1.165, 1.54) is 0 Å². The maximum atomic E-state index is 9.63. The number of nitriles is 1. The molecule has 1 aromatic carbocycles. The van der Waals surface area contributed by atoms with Crippen molar-refractivity contribution in [1.82, 2.24) is 15.3 Å². The van der Waals surface area contributed by atoms with E-state index < -0.39 is 5.54 Å². The Morgan fingerprint density at radius 1 is 1.42 bits per heavy atom. The van der Waals surface area contributed by atoms with Gasteiger partial charge in [-0.15, -0.1) is 0 Å². The van der Waals surface area contributed by atoms with E-state index in [-0.39, 0.29) is 0 Å². The third-order valence-corrected chi connectivity index (χ3v) is 3.91. The largest absolute Gasteiger partial charge is 0.340 e. The summed E-state index contributed by atoms with van der Waals surface area (Å²) in [6.07, 6.45) is 3.50. The van der Waals surface area contributed by atoms with Crippen molar-refractivity contribution in [3.63, 3.8) is 0 Å². The third-order valence-electron chi connectivity index (χ3n) is 2.83. The second-order valence-electron chi connectivity index (χ2n) is 4.10. The summed E-state index contributed by atoms with van der Waals surface area (Å²) in [5.41, 5.74) is 0.298. The van der Waals surface area contributed by atoms with E-state index >= 15 is 0 Å². The van der Waals surface area contributed by atoms with E-state index in [4.69, 9.17) is 0 Å². The molecule has 5 heteroatoms. The molecule has 1 aromatic heterocycles. The Morgan fingerprint density at radius 2 is 2.21 bits per heavy atom. The van der Waals surface area contributed by atoms with Crippen LogP contribution in [0, 0.1) is 11.3 Å². The van der Waals surface area contributed by atoms with Crippen LogP contribution >= 0.6 is 11.8 Å². The first-order chi connectivity index (χ1) is 9.30. The summed E-state index contributed by atoms with van der Waals surface area (Å²) < 4.78 is 0. The average Bonchev–Trinajstić information content (AvgIpc) is 2.98. The molecule has 0 fully saturated rings. The Kier molecular flexibility index (Phi) is 4.61. The molecule has 1 unspecified atom stereocenters. The smallest absolute Gasteiger partial charge is 0.165 e. The second-order valence-corrected chi connectivity index (χ2v) is 5.06. The van der Waals surface area contributed by atoms with E-state index in [1.807, 2.05) is 37.3 Å². The van der Waals surface area contributed by atoms with Crippen LogP contribution in [-0.2, 0) is 5.54 Å². The monoisotopic (exact) mass is 272 g/mol. The first kappa shape index (κ1) is 13.7. The average molecular weight is 272 g/mol. The molecule has 0 saturated carbocycles. The minimum Gasteiger partial charge on any atom is -0.340 e. The molecule has 98 valence electrons. The zero-order valence-electron chi connectivity index (χ0n) is 10.8. The number of benzene rings is 1. The first-order valence-corrected chi connectivity index (χ1v) is 7.13. The molecule has 19 heavy (non-hydrogen) atoms. The van der Waals surface area contributed by atoms with Gasteiger partial charge in [-0.05, 0) is 12.1 Å². The fraction of sp³-hybridized carbons (Fsp3) is 0.286. The van der Waals surface area contributed by atoms with Gasteiger partial charge in [0.25, 0.3) is 0 Å². The van der Waals surface area contributed by atoms with E-state index in [1.54, 1.807) is 24.2 Å². The Labute approximate surface area is 117 Å². The number of aromatic nitrogens is 2. The van der Waals surface area contributed by atoms with Crippen molar-refractivity contribution in [3.8, 4) is 6.07 Å². The highest BCUT2D eigenvalue weighted by Crippen LogP contribution is 2.27. The van der Waals surface area contributed by atoms with Crippen molar-refractivity contribution >= 4 is 11.8 Å². The molecule has 0 aliphatic rings. The normalized spacial score (nSPS) is 13.7. The molecule has 2 rings (SSSR count). The Bertz CT molecular complexity index is 532. The van der Waals surface area contributed by atoms with Gasteiger partial charge in [-0.1, -0.05) is 49.0 Å². The SMILES string of the molecule is CCNC(C#N)(CSc1ncc[nH]1)c1ccccc1. The molecule has 0 aliphatic heterocycles. The lowest BCUT2D eigenvalue weighted by atomic mass is 9.93. The highest BCUT2D eigenvalue weighted by molar-refractivity contribution is 7.99. The van der Waals surface area contributed by atoms with Crippen LogP contribution in [0.1, 0.15) is 12.5 Å². The van der Waals surface area contributed by atoms with Gasteiger partial charge in [0.2, 0.25) is 0 Å². The molecule has 2 aromatic rings. The van der Waals surface area contributed by atoms with Crippen molar-refractivity contribution in [2.75, 3.05) is 12.3 Å². The van der Waals surface area contributed by atoms with Crippen molar-refractivity contribution in [1.29, 1.82) is 5.26 Å². The fourth-order valence-corrected chi connectivity index (χ4v) is 2.88. The van der Waals surface area contributed by atoms with E-state index in [0.29, 0.717) is 5.75 Å². The molecular formula is C14H16N4S. The summed E-state index contributed by atoms with van der Waals surface area (Å²) >= 11 is 1.54. The number of imidazole rings is 1. The zero-order chi connectivity index (χ0) is 13.6. The number of aromatic amines is 1. The van der Waals surface area contributed by atoms with E-state index in [9.17, 15) is 5.26 Å². The summed E-state index contributed by atoms with van der Waals surface area (Å²) in [5, 5.41) is 13.8. The molecule has 1 atom stereocenters. The predicted molar refractivity (Wildman–Crippen MR) is 76.7 cm³/mol. The van der Waals surface area contributed by atoms with Crippen molar-refractivity contribution in [2.24, 2.45) is 0 Å². The van der Waals surface area contributed by atoms with Crippen LogP contribution < -0.4 is 5.32 Å². The quantitative estimate of drug-likeness (QED) is 0.793. The van der Waals surface area contributed by atoms with Gasteiger partial charge in [0.1, 0.15) is 5.54 Å². The number of H-pyrrole nitrogens is 1. The topological polar surface area (TPSA) is 64.5 Å². The first-order valence-electron chi connectivity index (χ1n) is 6.15. The molecule has 0 spiro atoms. The number of rotatable bonds is 6. The highest BCUT2D eigenvalue weighted by atomic mass is 32.2. The molecule has 0 bridgehead atoms. The van der Waals surface area contributed by atoms with Crippen LogP contribution in [-0.4, -0.2) is 22.3 Å². The second kappa shape index (κ2) is 6.41. The van der Waals surface area contributed by atoms with Gasteiger partial charge in [0.05, 0.1) is 6.07 Å². The molecule has 0 amide bonds. The number of nitrogens with zero attached hydrogens (tertiary/aromatic N) is 2. The molecule has 0 radical (unpaired) electrons. The Hall–Kier alpha value is -1.77. The molecule has 0 aliphatic carbocycles. The van der Waals surface area contributed by atoms with Gasteiger partial charge in [-0.25, -0.2) is 4.98 Å². The third kappa shape index (κ3) is 3.16. The summed E-state index contributed by atoms with van der Waals surface area (Å²) in [7, 11) is 0. The van der Waals surface area contributed by atoms with Crippen LogP contribution in [0.5, 0.6) is 0 Å². The number of hydrogen-bond acceptors (Lipinski definition) is 4. The molecule has 1 heterocycles. The van der Waals surface area contributed by atoms with Crippen molar-refractivity contribution in [2.45, 2.75) is 17.6 Å². The van der Waals surface area contributed by atoms with Gasteiger partial charge < -0.3 is 4.98 Å².